The van der Waals surface area contributed by atoms with Crippen LogP contribution in [0.3, 0.4) is 0 Å². The minimum Gasteiger partial charge on any atom is -0.397 e. The molecule has 2 aromatic carbocycles. The van der Waals surface area contributed by atoms with Crippen LogP contribution in [-0.4, -0.2) is 0 Å². The molecular weight excluding hydrogens is 298 g/mol. The maximum absolute atomic E-state index is 13.5. The number of halogens is 4. The lowest BCUT2D eigenvalue weighted by Crippen LogP contribution is -1.98. The van der Waals surface area contributed by atoms with Gasteiger partial charge in [-0.05, 0) is 30.3 Å². The van der Waals surface area contributed by atoms with E-state index in [0.717, 1.165) is 0 Å². The highest BCUT2D eigenvalue weighted by molar-refractivity contribution is 6.42. The maximum atomic E-state index is 13.5. The monoisotopic (exact) mass is 304 g/mol. The average Bonchev–Trinajstić information content (AvgIpc) is 2.30. The smallest absolute Gasteiger partial charge is 0.146 e. The van der Waals surface area contributed by atoms with E-state index in [1.54, 1.807) is 0 Å². The first-order chi connectivity index (χ1) is 8.47. The van der Waals surface area contributed by atoms with Crippen molar-refractivity contribution in [2.75, 3.05) is 11.1 Å². The largest absolute Gasteiger partial charge is 0.397 e. The summed E-state index contributed by atoms with van der Waals surface area (Å²) in [7, 11) is 0. The SMILES string of the molecule is Nc1cc(Cl)c(Cl)cc1Nc1cc(Cl)ccc1F. The number of nitrogens with two attached hydrogens (primary N) is 1. The number of hydrogen-bond donors (Lipinski definition) is 2. The number of benzene rings is 2. The molecule has 0 atom stereocenters. The zero-order valence-corrected chi connectivity index (χ0v) is 11.2. The molecule has 2 aromatic rings. The van der Waals surface area contributed by atoms with Crippen LogP contribution >= 0.6 is 34.8 Å². The van der Waals surface area contributed by atoms with Crippen LogP contribution in [0, 0.1) is 5.82 Å². The summed E-state index contributed by atoms with van der Waals surface area (Å²) in [4.78, 5) is 0. The molecule has 0 radical (unpaired) electrons. The third-order valence-corrected chi connectivity index (χ3v) is 3.25. The second-order valence-electron chi connectivity index (χ2n) is 3.60. The van der Waals surface area contributed by atoms with E-state index < -0.39 is 5.82 Å². The first kappa shape index (κ1) is 13.3. The number of hydrogen-bond acceptors (Lipinski definition) is 2. The molecule has 3 N–H and O–H groups in total. The summed E-state index contributed by atoms with van der Waals surface area (Å²) in [6.45, 7) is 0. The van der Waals surface area contributed by atoms with E-state index in [1.807, 2.05) is 0 Å². The van der Waals surface area contributed by atoms with Gasteiger partial charge in [-0.1, -0.05) is 34.8 Å². The molecule has 0 aliphatic heterocycles. The van der Waals surface area contributed by atoms with Crippen LogP contribution in [-0.2, 0) is 0 Å². The number of nitrogen functional groups attached to an aromatic ring is 1. The van der Waals surface area contributed by atoms with Gasteiger partial charge in [0.05, 0.1) is 27.1 Å². The van der Waals surface area contributed by atoms with Gasteiger partial charge in [0.15, 0.2) is 0 Å². The van der Waals surface area contributed by atoms with Gasteiger partial charge in [0.1, 0.15) is 5.82 Å². The van der Waals surface area contributed by atoms with Gasteiger partial charge in [0.25, 0.3) is 0 Å². The Labute approximate surface area is 118 Å². The molecular formula is C12H8Cl3FN2. The topological polar surface area (TPSA) is 38.0 Å². The van der Waals surface area contributed by atoms with Crippen LogP contribution in [0.25, 0.3) is 0 Å². The van der Waals surface area contributed by atoms with E-state index in [2.05, 4.69) is 5.32 Å². The second-order valence-corrected chi connectivity index (χ2v) is 4.85. The Morgan fingerprint density at radius 3 is 2.33 bits per heavy atom. The lowest BCUT2D eigenvalue weighted by Gasteiger charge is -2.11. The third-order valence-electron chi connectivity index (χ3n) is 2.29. The summed E-state index contributed by atoms with van der Waals surface area (Å²) in [6, 6.07) is 7.20. The number of anilines is 3. The van der Waals surface area contributed by atoms with Gasteiger partial charge < -0.3 is 11.1 Å². The van der Waals surface area contributed by atoms with Gasteiger partial charge in [0.2, 0.25) is 0 Å². The van der Waals surface area contributed by atoms with Crippen molar-refractivity contribution in [1.82, 2.24) is 0 Å². The van der Waals surface area contributed by atoms with E-state index in [-0.39, 0.29) is 5.69 Å². The van der Waals surface area contributed by atoms with E-state index in [4.69, 9.17) is 40.5 Å². The van der Waals surface area contributed by atoms with Crippen molar-refractivity contribution in [1.29, 1.82) is 0 Å². The predicted octanol–water partition coefficient (Wildman–Crippen LogP) is 5.11. The van der Waals surface area contributed by atoms with Crippen LogP contribution in [0.5, 0.6) is 0 Å². The molecule has 0 bridgehead atoms. The van der Waals surface area contributed by atoms with Gasteiger partial charge in [-0.25, -0.2) is 4.39 Å². The zero-order valence-electron chi connectivity index (χ0n) is 8.98. The van der Waals surface area contributed by atoms with Crippen molar-refractivity contribution in [2.45, 2.75) is 0 Å². The molecule has 6 heteroatoms. The highest BCUT2D eigenvalue weighted by Crippen LogP contribution is 2.33. The van der Waals surface area contributed by atoms with Gasteiger partial charge >= 0.3 is 0 Å². The summed E-state index contributed by atoms with van der Waals surface area (Å²) in [5, 5.41) is 3.90. The standard InChI is InChI=1S/C12H8Cl3FN2/c13-6-1-2-9(16)11(3-6)18-12-5-8(15)7(14)4-10(12)17/h1-5,18H,17H2. The van der Waals surface area contributed by atoms with E-state index in [1.165, 1.54) is 30.3 Å². The molecule has 0 aliphatic carbocycles. The summed E-state index contributed by atoms with van der Waals surface area (Å²) in [6.07, 6.45) is 0. The summed E-state index contributed by atoms with van der Waals surface area (Å²) in [5.41, 5.74) is 6.81. The lowest BCUT2D eigenvalue weighted by molar-refractivity contribution is 0.632. The Balaban J connectivity index is 2.40. The molecule has 0 fully saturated rings. The van der Waals surface area contributed by atoms with Gasteiger partial charge in [-0.3, -0.25) is 0 Å². The van der Waals surface area contributed by atoms with Gasteiger partial charge in [-0.15, -0.1) is 0 Å². The zero-order chi connectivity index (χ0) is 13.3. The maximum Gasteiger partial charge on any atom is 0.146 e. The van der Waals surface area contributed by atoms with E-state index in [9.17, 15) is 4.39 Å². The Morgan fingerprint density at radius 1 is 0.944 bits per heavy atom. The molecule has 0 saturated carbocycles. The molecule has 0 spiro atoms. The van der Waals surface area contributed by atoms with Crippen LogP contribution in [0.15, 0.2) is 30.3 Å². The Bertz CT molecular complexity index is 602. The number of nitrogens with one attached hydrogen (secondary N) is 1. The van der Waals surface area contributed by atoms with Crippen LogP contribution < -0.4 is 11.1 Å². The molecule has 0 aliphatic rings. The third kappa shape index (κ3) is 2.80. The molecule has 0 amide bonds. The molecule has 0 unspecified atom stereocenters. The van der Waals surface area contributed by atoms with Gasteiger partial charge in [-0.2, -0.15) is 0 Å². The minimum absolute atomic E-state index is 0.215. The van der Waals surface area contributed by atoms with Gasteiger partial charge in [0, 0.05) is 5.02 Å². The fourth-order valence-electron chi connectivity index (χ4n) is 1.41. The summed E-state index contributed by atoms with van der Waals surface area (Å²) in [5.74, 6) is -0.440. The quantitative estimate of drug-likeness (QED) is 0.756. The molecule has 0 saturated heterocycles. The van der Waals surface area contributed by atoms with Crippen molar-refractivity contribution in [3.63, 3.8) is 0 Å². The van der Waals surface area contributed by atoms with E-state index in [0.29, 0.717) is 26.4 Å². The van der Waals surface area contributed by atoms with Crippen molar-refractivity contribution in [2.24, 2.45) is 0 Å². The number of rotatable bonds is 2. The fourth-order valence-corrected chi connectivity index (χ4v) is 1.92. The Hall–Kier alpha value is -1.16. The van der Waals surface area contributed by atoms with Crippen LogP contribution in [0.2, 0.25) is 15.1 Å². The summed E-state index contributed by atoms with van der Waals surface area (Å²) >= 11 is 17.5. The van der Waals surface area contributed by atoms with Crippen LogP contribution in [0.1, 0.15) is 0 Å². The van der Waals surface area contributed by atoms with Crippen molar-refractivity contribution in [3.8, 4) is 0 Å². The molecule has 18 heavy (non-hydrogen) atoms. The molecule has 0 heterocycles. The molecule has 2 nitrogen and oxygen atoms in total. The summed E-state index contributed by atoms with van der Waals surface area (Å²) < 4.78 is 13.5. The molecule has 94 valence electrons. The predicted molar refractivity (Wildman–Crippen MR) is 75.6 cm³/mol. The first-order valence-electron chi connectivity index (χ1n) is 4.94. The second kappa shape index (κ2) is 5.22. The van der Waals surface area contributed by atoms with Crippen molar-refractivity contribution in [3.05, 3.63) is 51.2 Å². The minimum atomic E-state index is -0.440. The van der Waals surface area contributed by atoms with E-state index >= 15 is 0 Å². The first-order valence-corrected chi connectivity index (χ1v) is 6.07. The Kier molecular flexibility index (Phi) is 3.85. The normalized spacial score (nSPS) is 10.4. The Morgan fingerprint density at radius 2 is 1.61 bits per heavy atom. The molecule has 2 rings (SSSR count). The highest BCUT2D eigenvalue weighted by atomic mass is 35.5. The van der Waals surface area contributed by atoms with Crippen molar-refractivity contribution < 1.29 is 4.39 Å². The fraction of sp³-hybridized carbons (Fsp3) is 0. The molecule has 0 aromatic heterocycles. The highest BCUT2D eigenvalue weighted by Gasteiger charge is 2.08. The van der Waals surface area contributed by atoms with Crippen LogP contribution in [0.4, 0.5) is 21.5 Å². The van der Waals surface area contributed by atoms with Crippen molar-refractivity contribution >= 4 is 51.9 Å². The average molecular weight is 306 g/mol. The lowest BCUT2D eigenvalue weighted by atomic mass is 10.2.